The van der Waals surface area contributed by atoms with E-state index in [4.69, 9.17) is 0 Å². The van der Waals surface area contributed by atoms with E-state index in [2.05, 4.69) is 25.4 Å². The van der Waals surface area contributed by atoms with E-state index in [1.54, 1.807) is 0 Å². The zero-order valence-corrected chi connectivity index (χ0v) is 16.8. The van der Waals surface area contributed by atoms with Crippen LogP contribution in [0.15, 0.2) is 29.4 Å². The average molecular weight is 310 g/mol. The fourth-order valence-corrected chi connectivity index (χ4v) is 2.00. The quantitative estimate of drug-likeness (QED) is 0.368. The summed E-state index contributed by atoms with van der Waals surface area (Å²) >= 11 is 0. The molecule has 1 fully saturated rings. The lowest BCUT2D eigenvalue weighted by Gasteiger charge is -2.15. The lowest BCUT2D eigenvalue weighted by molar-refractivity contribution is 0.385. The number of nitrogens with zero attached hydrogens (tertiary/aromatic N) is 1. The van der Waals surface area contributed by atoms with Gasteiger partial charge >= 0.3 is 0 Å². The molecule has 0 heterocycles. The van der Waals surface area contributed by atoms with E-state index in [0.717, 1.165) is 30.0 Å². The van der Waals surface area contributed by atoms with E-state index >= 15 is 0 Å². The molecule has 0 N–H and O–H groups in total. The van der Waals surface area contributed by atoms with Gasteiger partial charge in [-0.1, -0.05) is 92.2 Å². The van der Waals surface area contributed by atoms with Gasteiger partial charge in [-0.15, -0.1) is 0 Å². The van der Waals surface area contributed by atoms with Crippen molar-refractivity contribution in [2.45, 2.75) is 100 Å². The lowest BCUT2D eigenvalue weighted by Crippen LogP contribution is -1.99. The molecular weight excluding hydrogens is 266 g/mol. The van der Waals surface area contributed by atoms with Crippen molar-refractivity contribution in [3.63, 3.8) is 0 Å². The molecule has 1 saturated carbocycles. The minimum Gasteiger partial charge on any atom is -0.266 e. The predicted octanol–water partition coefficient (Wildman–Crippen LogP) is 7.98. The van der Waals surface area contributed by atoms with Gasteiger partial charge in [0.25, 0.3) is 0 Å². The molecule has 0 bridgehead atoms. The summed E-state index contributed by atoms with van der Waals surface area (Å²) in [5.41, 5.74) is 2.23. The largest absolute Gasteiger partial charge is 0.266 e. The predicted molar refractivity (Wildman–Crippen MR) is 107 cm³/mol. The van der Waals surface area contributed by atoms with Crippen LogP contribution in [0.3, 0.4) is 0 Å². The fourth-order valence-electron chi connectivity index (χ4n) is 2.00. The summed E-state index contributed by atoms with van der Waals surface area (Å²) in [5, 5.41) is 0. The van der Waals surface area contributed by atoms with Crippen LogP contribution >= 0.6 is 0 Å². The van der Waals surface area contributed by atoms with Crippen LogP contribution in [0.25, 0.3) is 0 Å². The SMILES string of the molecule is C=C(/C=C\N=C(C)C)CCC.CC.CC.CC1CCCCC1. The standard InChI is InChI=1S/C10H17N.C7H14.2C2H6/c1-5-6-10(4)7-8-11-9(2)3;1-7-5-3-2-4-6-7;2*1-2/h7-8H,4-6H2,1-3H3;7H,2-6H2,1H3;2*1-2H3/b8-7-;;;. The van der Waals surface area contributed by atoms with Gasteiger partial charge in [-0.3, -0.25) is 4.99 Å². The van der Waals surface area contributed by atoms with E-state index in [9.17, 15) is 0 Å². The van der Waals surface area contributed by atoms with Gasteiger partial charge in [-0.05, 0) is 32.3 Å². The Hall–Kier alpha value is -0.850. The van der Waals surface area contributed by atoms with Crippen LogP contribution in [0.1, 0.15) is 100 Å². The molecule has 0 spiro atoms. The third-order valence-electron chi connectivity index (χ3n) is 3.11. The molecule has 0 radical (unpaired) electrons. The Balaban J connectivity index is -0.000000280. The van der Waals surface area contributed by atoms with Crippen LogP contribution in [0.2, 0.25) is 0 Å². The molecule has 0 aromatic heterocycles. The minimum absolute atomic E-state index is 1.04. The second-order valence-corrected chi connectivity index (χ2v) is 5.54. The highest BCUT2D eigenvalue weighted by molar-refractivity contribution is 5.79. The topological polar surface area (TPSA) is 12.4 Å². The smallest absolute Gasteiger partial charge is 0.0269 e. The second kappa shape index (κ2) is 22.4. The van der Waals surface area contributed by atoms with Crippen LogP contribution in [0.4, 0.5) is 0 Å². The summed E-state index contributed by atoms with van der Waals surface area (Å²) in [7, 11) is 0. The number of aliphatic imine (C=N–C) groups is 1. The second-order valence-electron chi connectivity index (χ2n) is 5.54. The molecule has 1 nitrogen and oxygen atoms in total. The zero-order chi connectivity index (χ0) is 17.8. The van der Waals surface area contributed by atoms with Crippen molar-refractivity contribution in [1.29, 1.82) is 0 Å². The van der Waals surface area contributed by atoms with Crippen molar-refractivity contribution >= 4 is 5.71 Å². The highest BCUT2D eigenvalue weighted by Crippen LogP contribution is 2.22. The first-order valence-electron chi connectivity index (χ1n) is 9.41. The van der Waals surface area contributed by atoms with Crippen molar-refractivity contribution in [3.8, 4) is 0 Å². The monoisotopic (exact) mass is 309 g/mol. The Kier molecular flexibility index (Phi) is 26.6. The number of hydrogen-bond donors (Lipinski definition) is 0. The third kappa shape index (κ3) is 24.2. The molecule has 1 heteroatoms. The maximum absolute atomic E-state index is 4.12. The fraction of sp³-hybridized carbons (Fsp3) is 0.762. The summed E-state index contributed by atoms with van der Waals surface area (Å²) in [6.07, 6.45) is 13.4. The maximum Gasteiger partial charge on any atom is 0.0269 e. The Bertz CT molecular complexity index is 264. The first-order valence-corrected chi connectivity index (χ1v) is 9.41. The van der Waals surface area contributed by atoms with E-state index in [1.807, 2.05) is 53.8 Å². The van der Waals surface area contributed by atoms with Crippen LogP contribution < -0.4 is 0 Å². The first-order chi connectivity index (χ1) is 10.6. The van der Waals surface area contributed by atoms with Crippen molar-refractivity contribution in [2.75, 3.05) is 0 Å². The van der Waals surface area contributed by atoms with Crippen molar-refractivity contribution in [3.05, 3.63) is 24.4 Å². The van der Waals surface area contributed by atoms with E-state index in [1.165, 1.54) is 32.1 Å². The van der Waals surface area contributed by atoms with Crippen molar-refractivity contribution in [1.82, 2.24) is 0 Å². The van der Waals surface area contributed by atoms with Gasteiger partial charge in [0.05, 0.1) is 0 Å². The highest BCUT2D eigenvalue weighted by Gasteiger charge is 2.05. The Morgan fingerprint density at radius 1 is 1.05 bits per heavy atom. The Morgan fingerprint density at radius 3 is 1.86 bits per heavy atom. The molecular formula is C21H43N. The molecule has 0 amide bonds. The normalized spacial score (nSPS) is 13.6. The van der Waals surface area contributed by atoms with Gasteiger partial charge < -0.3 is 0 Å². The van der Waals surface area contributed by atoms with E-state index in [0.29, 0.717) is 0 Å². The summed E-state index contributed by atoms with van der Waals surface area (Å²) in [6.45, 7) is 20.3. The highest BCUT2D eigenvalue weighted by atomic mass is 14.7. The first kappa shape index (κ1) is 26.1. The maximum atomic E-state index is 4.12. The Labute approximate surface area is 142 Å². The van der Waals surface area contributed by atoms with Crippen molar-refractivity contribution < 1.29 is 0 Å². The molecule has 0 aromatic carbocycles. The molecule has 1 aliphatic rings. The lowest BCUT2D eigenvalue weighted by atomic mass is 9.91. The van der Waals surface area contributed by atoms with Gasteiger partial charge in [0.1, 0.15) is 0 Å². The molecule has 0 saturated heterocycles. The summed E-state index contributed by atoms with van der Waals surface area (Å²) in [5.74, 6) is 1.04. The minimum atomic E-state index is 1.04. The van der Waals surface area contributed by atoms with Crippen LogP contribution in [-0.2, 0) is 0 Å². The summed E-state index contributed by atoms with van der Waals surface area (Å²) in [6, 6.07) is 0. The van der Waals surface area contributed by atoms with Gasteiger partial charge in [0, 0.05) is 11.9 Å². The number of hydrogen-bond acceptors (Lipinski definition) is 1. The van der Waals surface area contributed by atoms with Gasteiger partial charge in [-0.25, -0.2) is 0 Å². The van der Waals surface area contributed by atoms with Crippen LogP contribution in [0, 0.1) is 5.92 Å². The third-order valence-corrected chi connectivity index (χ3v) is 3.11. The van der Waals surface area contributed by atoms with E-state index < -0.39 is 0 Å². The van der Waals surface area contributed by atoms with Gasteiger partial charge in [-0.2, -0.15) is 0 Å². The van der Waals surface area contributed by atoms with Crippen molar-refractivity contribution in [2.24, 2.45) is 10.9 Å². The Morgan fingerprint density at radius 2 is 1.55 bits per heavy atom. The van der Waals surface area contributed by atoms with Gasteiger partial charge in [0.2, 0.25) is 0 Å². The molecule has 1 rings (SSSR count). The summed E-state index contributed by atoms with van der Waals surface area (Å²) < 4.78 is 0. The van der Waals surface area contributed by atoms with Crippen LogP contribution in [-0.4, -0.2) is 5.71 Å². The molecule has 0 atom stereocenters. The summed E-state index contributed by atoms with van der Waals surface area (Å²) in [4.78, 5) is 4.12. The average Bonchev–Trinajstić information content (AvgIpc) is 2.52. The zero-order valence-electron chi connectivity index (χ0n) is 16.8. The number of allylic oxidation sites excluding steroid dienone is 2. The molecule has 132 valence electrons. The molecule has 0 unspecified atom stereocenters. The van der Waals surface area contributed by atoms with Gasteiger partial charge in [0.15, 0.2) is 0 Å². The molecule has 1 aliphatic carbocycles. The van der Waals surface area contributed by atoms with E-state index in [-0.39, 0.29) is 0 Å². The molecule has 22 heavy (non-hydrogen) atoms. The molecule has 0 aliphatic heterocycles. The van der Waals surface area contributed by atoms with Crippen LogP contribution in [0.5, 0.6) is 0 Å². The number of rotatable bonds is 4. The molecule has 0 aromatic rings.